The van der Waals surface area contributed by atoms with Crippen molar-refractivity contribution in [3.05, 3.63) is 50.8 Å². The van der Waals surface area contributed by atoms with Gasteiger partial charge in [0, 0.05) is 19.6 Å². The topological polar surface area (TPSA) is 186 Å². The fourth-order valence-corrected chi connectivity index (χ4v) is 4.74. The summed E-state index contributed by atoms with van der Waals surface area (Å²) in [5.41, 5.74) is 4.81. The highest BCUT2D eigenvalue weighted by molar-refractivity contribution is 7.80. The summed E-state index contributed by atoms with van der Waals surface area (Å²) in [5, 5.41) is 10.3. The molecule has 37 heavy (non-hydrogen) atoms. The predicted octanol–water partition coefficient (Wildman–Crippen LogP) is 0.208. The standard InChI is InChI=1S/C23H32N6O7S/c1-23(2,33)13-28(14-36-37(34)16-8-6-7-15(11-16)12-17(30)35-3)9-4-5-10-29-20-18(25-22(29)32)19(24)26-21(31)27-20/h6-8,11,33H,4-5,9-10,12-14H2,1-3H3,(H,25,32)(H3,24,26,27,31)/p+1. The van der Waals surface area contributed by atoms with Gasteiger partial charge in [0.1, 0.15) is 11.3 Å². The maximum Gasteiger partial charge on any atom is 0.348 e. The summed E-state index contributed by atoms with van der Waals surface area (Å²) >= 11 is -2.20. The second-order valence-electron chi connectivity index (χ2n) is 9.25. The zero-order valence-corrected chi connectivity index (χ0v) is 21.9. The Bertz CT molecular complexity index is 1370. The molecule has 0 aliphatic carbocycles. The van der Waals surface area contributed by atoms with Gasteiger partial charge >= 0.3 is 17.3 Å². The van der Waals surface area contributed by atoms with E-state index in [1.165, 1.54) is 11.7 Å². The second kappa shape index (κ2) is 12.3. The number of nitrogens with zero attached hydrogens (tertiary/aromatic N) is 3. The SMILES string of the molecule is COC(=O)Cc1cccc([SH+](=O)OCN(CCCCn2c(=O)[nH]c3c(N)[nH]c(=O)nc32)CC(C)(C)O)c1. The van der Waals surface area contributed by atoms with Gasteiger partial charge in [0.05, 0.1) is 19.1 Å². The molecule has 13 nitrogen and oxygen atoms in total. The van der Waals surface area contributed by atoms with Gasteiger partial charge in [0.25, 0.3) is 0 Å². The third kappa shape index (κ3) is 8.08. The Hall–Kier alpha value is -3.33. The number of anilines is 1. The molecule has 0 radical (unpaired) electrons. The molecule has 0 amide bonds. The number of benzene rings is 1. The van der Waals surface area contributed by atoms with Crippen molar-refractivity contribution >= 4 is 34.0 Å². The molecule has 0 aliphatic rings. The summed E-state index contributed by atoms with van der Waals surface area (Å²) in [7, 11) is 1.31. The summed E-state index contributed by atoms with van der Waals surface area (Å²) in [6.07, 6.45) is 1.24. The number of H-pyrrole nitrogens is 2. The number of hydrogen-bond acceptors (Lipinski definition) is 10. The Morgan fingerprint density at radius 1 is 1.27 bits per heavy atom. The van der Waals surface area contributed by atoms with E-state index in [0.717, 1.165) is 0 Å². The molecule has 1 unspecified atom stereocenters. The molecule has 3 aromatic rings. The number of hydrogen-bond donors (Lipinski definition) is 4. The first-order valence-electron chi connectivity index (χ1n) is 11.7. The number of nitrogens with one attached hydrogen (secondary N) is 2. The van der Waals surface area contributed by atoms with Crippen LogP contribution in [0.5, 0.6) is 0 Å². The van der Waals surface area contributed by atoms with Crippen molar-refractivity contribution in [1.29, 1.82) is 0 Å². The number of esters is 1. The molecule has 5 N–H and O–H groups in total. The van der Waals surface area contributed by atoms with Crippen LogP contribution in [-0.2, 0) is 42.0 Å². The minimum atomic E-state index is -2.20. The van der Waals surface area contributed by atoms with E-state index in [9.17, 15) is 23.7 Å². The molecule has 0 fully saturated rings. The minimum Gasteiger partial charge on any atom is -0.469 e. The molecule has 202 valence electrons. The quantitative estimate of drug-likeness (QED) is 0.0772. The van der Waals surface area contributed by atoms with Gasteiger partial charge in [-0.3, -0.25) is 19.2 Å². The first-order chi connectivity index (χ1) is 17.5. The highest BCUT2D eigenvalue weighted by Crippen LogP contribution is 2.15. The van der Waals surface area contributed by atoms with Gasteiger partial charge in [0.2, 0.25) is 11.1 Å². The Morgan fingerprint density at radius 2 is 2.03 bits per heavy atom. The molecule has 0 spiro atoms. The van der Waals surface area contributed by atoms with Gasteiger partial charge < -0.3 is 20.6 Å². The van der Waals surface area contributed by atoms with Crippen LogP contribution in [-0.4, -0.2) is 68.0 Å². The molecule has 0 saturated heterocycles. The molecule has 0 aliphatic heterocycles. The van der Waals surface area contributed by atoms with Crippen molar-refractivity contribution in [3.8, 4) is 0 Å². The zero-order chi connectivity index (χ0) is 27.2. The lowest BCUT2D eigenvalue weighted by Gasteiger charge is -2.27. The predicted molar refractivity (Wildman–Crippen MR) is 138 cm³/mol. The van der Waals surface area contributed by atoms with Crippen LogP contribution in [0.3, 0.4) is 0 Å². The summed E-state index contributed by atoms with van der Waals surface area (Å²) in [4.78, 5) is 46.5. The highest BCUT2D eigenvalue weighted by Gasteiger charge is 2.22. The fraction of sp³-hybridized carbons (Fsp3) is 0.478. The number of thiol groups is 1. The molecule has 0 saturated carbocycles. The number of nitrogen functional groups attached to an aromatic ring is 1. The maximum atomic E-state index is 12.8. The lowest BCUT2D eigenvalue weighted by atomic mass is 10.1. The first-order valence-corrected chi connectivity index (χ1v) is 12.8. The average molecular weight is 538 g/mol. The van der Waals surface area contributed by atoms with E-state index >= 15 is 0 Å². The minimum absolute atomic E-state index is 0.000915. The van der Waals surface area contributed by atoms with E-state index in [4.69, 9.17) is 9.92 Å². The van der Waals surface area contributed by atoms with Crippen molar-refractivity contribution in [1.82, 2.24) is 24.4 Å². The second-order valence-corrected chi connectivity index (χ2v) is 10.5. The monoisotopic (exact) mass is 537 g/mol. The number of rotatable bonds is 13. The van der Waals surface area contributed by atoms with Crippen LogP contribution < -0.4 is 17.1 Å². The number of nitrogens with two attached hydrogens (primary N) is 1. The van der Waals surface area contributed by atoms with Crippen LogP contribution in [0.2, 0.25) is 0 Å². The van der Waals surface area contributed by atoms with Crippen molar-refractivity contribution in [2.45, 2.75) is 50.2 Å². The zero-order valence-electron chi connectivity index (χ0n) is 21.0. The summed E-state index contributed by atoms with van der Waals surface area (Å²) < 4.78 is 24.4. The van der Waals surface area contributed by atoms with Gasteiger partial charge in [-0.2, -0.15) is 9.17 Å². The number of unbranched alkanes of at least 4 members (excludes halogenated alkanes) is 1. The molecule has 14 heteroatoms. The molecule has 1 atom stereocenters. The van der Waals surface area contributed by atoms with E-state index in [1.54, 1.807) is 38.1 Å². The lowest BCUT2D eigenvalue weighted by molar-refractivity contribution is -0.139. The van der Waals surface area contributed by atoms with E-state index in [0.29, 0.717) is 36.4 Å². The summed E-state index contributed by atoms with van der Waals surface area (Å²) in [5.74, 6) is -0.352. The molecule has 2 heterocycles. The van der Waals surface area contributed by atoms with Crippen LogP contribution in [0.4, 0.5) is 5.82 Å². The van der Waals surface area contributed by atoms with Gasteiger partial charge in [-0.05, 0) is 44.4 Å². The van der Waals surface area contributed by atoms with Gasteiger partial charge in [-0.1, -0.05) is 16.3 Å². The molecule has 2 aromatic heterocycles. The number of ether oxygens (including phenoxy) is 1. The molecular formula is C23H33N6O7S+. The smallest absolute Gasteiger partial charge is 0.348 e. The van der Waals surface area contributed by atoms with Gasteiger partial charge in [-0.25, -0.2) is 9.59 Å². The average Bonchev–Trinajstić information content (AvgIpc) is 3.14. The van der Waals surface area contributed by atoms with Crippen molar-refractivity contribution in [3.63, 3.8) is 0 Å². The summed E-state index contributed by atoms with van der Waals surface area (Å²) in [6.45, 7) is 4.38. The molecule has 3 rings (SSSR count). The van der Waals surface area contributed by atoms with Crippen molar-refractivity contribution < 1.29 is 23.0 Å². The number of aromatic amines is 2. The van der Waals surface area contributed by atoms with Crippen LogP contribution >= 0.6 is 0 Å². The van der Waals surface area contributed by atoms with Crippen molar-refractivity contribution in [2.75, 3.05) is 32.7 Å². The van der Waals surface area contributed by atoms with Gasteiger partial charge in [-0.15, -0.1) is 0 Å². The number of fused-ring (bicyclic) bond motifs is 1. The van der Waals surface area contributed by atoms with Crippen LogP contribution in [0, 0.1) is 0 Å². The van der Waals surface area contributed by atoms with Crippen LogP contribution in [0.15, 0.2) is 38.8 Å². The normalized spacial score (nSPS) is 12.8. The Kier molecular flexibility index (Phi) is 9.37. The number of carbonyl (C=O) groups excluding carboxylic acids is 1. The number of aromatic nitrogens is 4. The van der Waals surface area contributed by atoms with Crippen LogP contribution in [0.25, 0.3) is 11.2 Å². The van der Waals surface area contributed by atoms with E-state index in [2.05, 4.69) is 19.7 Å². The van der Waals surface area contributed by atoms with E-state index in [1.807, 2.05) is 4.90 Å². The fourth-order valence-electron chi connectivity index (χ4n) is 3.84. The van der Waals surface area contributed by atoms with Crippen LogP contribution in [0.1, 0.15) is 32.3 Å². The molecule has 0 bridgehead atoms. The maximum absolute atomic E-state index is 12.8. The number of imidazole rings is 1. The number of aliphatic hydroxyl groups is 1. The Morgan fingerprint density at radius 3 is 2.73 bits per heavy atom. The number of aryl methyl sites for hydroxylation is 1. The summed E-state index contributed by atoms with van der Waals surface area (Å²) in [6, 6.07) is 6.73. The van der Waals surface area contributed by atoms with Crippen molar-refractivity contribution in [2.24, 2.45) is 0 Å². The lowest BCUT2D eigenvalue weighted by Crippen LogP contribution is -2.40. The Balaban J connectivity index is 1.59. The van der Waals surface area contributed by atoms with E-state index in [-0.39, 0.29) is 36.7 Å². The Labute approximate surface area is 215 Å². The van der Waals surface area contributed by atoms with Gasteiger partial charge in [0.15, 0.2) is 17.3 Å². The molecule has 1 aromatic carbocycles. The molecular weight excluding hydrogens is 504 g/mol. The number of carbonyl (C=O) groups is 1. The number of methoxy groups -OCH3 is 1. The third-order valence-electron chi connectivity index (χ3n) is 5.45. The first kappa shape index (κ1) is 28.2. The van der Waals surface area contributed by atoms with E-state index < -0.39 is 34.0 Å². The highest BCUT2D eigenvalue weighted by atomic mass is 32.2. The third-order valence-corrected chi connectivity index (χ3v) is 6.50. The largest absolute Gasteiger partial charge is 0.469 e.